The van der Waals surface area contributed by atoms with Crippen LogP contribution in [0.2, 0.25) is 0 Å². The number of ether oxygens (including phenoxy) is 1. The molecule has 0 bridgehead atoms. The molecule has 7 nitrogen and oxygen atoms in total. The van der Waals surface area contributed by atoms with Crippen LogP contribution in [0.15, 0.2) is 24.4 Å². The molecule has 0 saturated heterocycles. The second-order valence-corrected chi connectivity index (χ2v) is 8.38. The molecule has 2 fully saturated rings. The van der Waals surface area contributed by atoms with Gasteiger partial charge in [0.1, 0.15) is 5.82 Å². The molecule has 168 valence electrons. The van der Waals surface area contributed by atoms with E-state index in [2.05, 4.69) is 20.6 Å². The van der Waals surface area contributed by atoms with Gasteiger partial charge < -0.3 is 25.5 Å². The number of amides is 1. The first-order valence-electron chi connectivity index (χ1n) is 10.6. The highest BCUT2D eigenvalue weighted by molar-refractivity contribution is 5.80. The third kappa shape index (κ3) is 4.94. The number of carbonyl (C=O) groups excluding carboxylic acids is 1. The van der Waals surface area contributed by atoms with Crippen molar-refractivity contribution in [3.8, 4) is 0 Å². The Labute approximate surface area is 179 Å². The number of rotatable bonds is 9. The van der Waals surface area contributed by atoms with Gasteiger partial charge in [0.15, 0.2) is 11.6 Å². The van der Waals surface area contributed by atoms with Crippen molar-refractivity contribution in [3.63, 3.8) is 0 Å². The lowest BCUT2D eigenvalue weighted by atomic mass is 9.96. The summed E-state index contributed by atoms with van der Waals surface area (Å²) in [6.07, 6.45) is 3.44. The molecule has 2 aliphatic carbocycles. The average Bonchev–Trinajstić information content (AvgIpc) is 3.40. The number of H-pyrrole nitrogens is 1. The standard InChI is InChI=1S/C22H28F2N4O3/c1-31-7-6-25-22(30)14-9-17(26-10-12-2-5-15(23)16(24)8-12)19(20(14)29)18-11-27-21(28-18)13-3-4-13/h2,5,8,11,13-14,17,19-20,26,29H,3-4,6-7,9-10H2,1H3,(H,25,30)(H,27,28)/t14-,17+,19+,20+/m0/s1. The summed E-state index contributed by atoms with van der Waals surface area (Å²) in [4.78, 5) is 20.5. The van der Waals surface area contributed by atoms with Crippen molar-refractivity contribution < 1.29 is 23.4 Å². The van der Waals surface area contributed by atoms with Crippen molar-refractivity contribution in [1.82, 2.24) is 20.6 Å². The summed E-state index contributed by atoms with van der Waals surface area (Å²) in [7, 11) is 1.56. The molecule has 4 atom stereocenters. The summed E-state index contributed by atoms with van der Waals surface area (Å²) in [5.41, 5.74) is 1.37. The number of carbonyl (C=O) groups is 1. The van der Waals surface area contributed by atoms with E-state index in [1.54, 1.807) is 13.3 Å². The molecule has 1 aromatic heterocycles. The Morgan fingerprint density at radius 3 is 2.84 bits per heavy atom. The molecular formula is C22H28F2N4O3. The quantitative estimate of drug-likeness (QED) is 0.452. The van der Waals surface area contributed by atoms with Gasteiger partial charge in [-0.05, 0) is 37.0 Å². The summed E-state index contributed by atoms with van der Waals surface area (Å²) in [5.74, 6) is -1.64. The van der Waals surface area contributed by atoms with E-state index in [4.69, 9.17) is 4.74 Å². The van der Waals surface area contributed by atoms with Crippen LogP contribution in [-0.2, 0) is 16.1 Å². The molecule has 2 saturated carbocycles. The van der Waals surface area contributed by atoms with Crippen LogP contribution in [0.1, 0.15) is 48.2 Å². The minimum absolute atomic E-state index is 0.228. The maximum Gasteiger partial charge on any atom is 0.225 e. The molecule has 31 heavy (non-hydrogen) atoms. The van der Waals surface area contributed by atoms with Crippen molar-refractivity contribution in [1.29, 1.82) is 0 Å². The summed E-state index contributed by atoms with van der Waals surface area (Å²) < 4.78 is 31.8. The third-order valence-corrected chi connectivity index (χ3v) is 6.15. The number of halogens is 2. The first kappa shape index (κ1) is 21.9. The van der Waals surface area contributed by atoms with Gasteiger partial charge in [-0.3, -0.25) is 4.79 Å². The van der Waals surface area contributed by atoms with E-state index in [1.165, 1.54) is 6.07 Å². The molecule has 0 radical (unpaired) electrons. The van der Waals surface area contributed by atoms with Crippen LogP contribution in [0.25, 0.3) is 0 Å². The zero-order valence-corrected chi connectivity index (χ0v) is 17.4. The Hall–Kier alpha value is -2.36. The lowest BCUT2D eigenvalue weighted by Crippen LogP contribution is -2.37. The van der Waals surface area contributed by atoms with E-state index in [1.807, 2.05) is 0 Å². The maximum absolute atomic E-state index is 13.6. The van der Waals surface area contributed by atoms with Crippen LogP contribution in [0.3, 0.4) is 0 Å². The minimum Gasteiger partial charge on any atom is -0.392 e. The largest absolute Gasteiger partial charge is 0.392 e. The number of aromatic amines is 1. The van der Waals surface area contributed by atoms with Crippen molar-refractivity contribution in [2.24, 2.45) is 5.92 Å². The number of benzene rings is 1. The Kier molecular flexibility index (Phi) is 6.64. The highest BCUT2D eigenvalue weighted by Gasteiger charge is 2.47. The first-order chi connectivity index (χ1) is 15.0. The Balaban J connectivity index is 1.50. The maximum atomic E-state index is 13.6. The highest BCUT2D eigenvalue weighted by Crippen LogP contribution is 2.42. The van der Waals surface area contributed by atoms with Crippen LogP contribution in [0.5, 0.6) is 0 Å². The van der Waals surface area contributed by atoms with E-state index >= 15 is 0 Å². The van der Waals surface area contributed by atoms with Crippen LogP contribution < -0.4 is 10.6 Å². The molecular weight excluding hydrogens is 406 g/mol. The van der Waals surface area contributed by atoms with Crippen LogP contribution in [-0.4, -0.2) is 53.4 Å². The summed E-state index contributed by atoms with van der Waals surface area (Å²) in [6.45, 7) is 1.04. The summed E-state index contributed by atoms with van der Waals surface area (Å²) in [5, 5.41) is 17.2. The molecule has 1 amide bonds. The van der Waals surface area contributed by atoms with Crippen LogP contribution >= 0.6 is 0 Å². The summed E-state index contributed by atoms with van der Waals surface area (Å²) in [6, 6.07) is 3.52. The monoisotopic (exact) mass is 434 g/mol. The number of aromatic nitrogens is 2. The van der Waals surface area contributed by atoms with E-state index in [0.717, 1.165) is 36.5 Å². The fourth-order valence-electron chi connectivity index (χ4n) is 4.31. The number of methoxy groups -OCH3 is 1. The normalized spacial score (nSPS) is 25.7. The molecule has 1 aromatic carbocycles. The average molecular weight is 434 g/mol. The fraction of sp³-hybridized carbons (Fsp3) is 0.545. The lowest BCUT2D eigenvalue weighted by molar-refractivity contribution is -0.127. The van der Waals surface area contributed by atoms with Crippen molar-refractivity contribution in [2.45, 2.75) is 49.8 Å². The van der Waals surface area contributed by atoms with E-state index in [-0.39, 0.29) is 24.4 Å². The molecule has 4 rings (SSSR count). The number of aliphatic hydroxyl groups excluding tert-OH is 1. The Morgan fingerprint density at radius 2 is 2.13 bits per heavy atom. The van der Waals surface area contributed by atoms with E-state index < -0.39 is 23.7 Å². The van der Waals surface area contributed by atoms with Crippen molar-refractivity contribution in [2.75, 3.05) is 20.3 Å². The second-order valence-electron chi connectivity index (χ2n) is 8.38. The summed E-state index contributed by atoms with van der Waals surface area (Å²) >= 11 is 0. The van der Waals surface area contributed by atoms with Gasteiger partial charge in [-0.15, -0.1) is 0 Å². The molecule has 1 heterocycles. The number of imidazole rings is 1. The van der Waals surface area contributed by atoms with Gasteiger partial charge in [0, 0.05) is 50.0 Å². The van der Waals surface area contributed by atoms with E-state index in [0.29, 0.717) is 31.1 Å². The predicted molar refractivity (Wildman–Crippen MR) is 109 cm³/mol. The van der Waals surface area contributed by atoms with Gasteiger partial charge in [0.2, 0.25) is 5.91 Å². The zero-order valence-electron chi connectivity index (χ0n) is 17.4. The molecule has 0 aliphatic heterocycles. The number of hydrogen-bond acceptors (Lipinski definition) is 5. The lowest BCUT2D eigenvalue weighted by Gasteiger charge is -2.22. The van der Waals surface area contributed by atoms with Crippen LogP contribution in [0.4, 0.5) is 8.78 Å². The van der Waals surface area contributed by atoms with Gasteiger partial charge in [-0.25, -0.2) is 13.8 Å². The second kappa shape index (κ2) is 9.42. The van der Waals surface area contributed by atoms with Gasteiger partial charge in [-0.2, -0.15) is 0 Å². The highest BCUT2D eigenvalue weighted by atomic mass is 19.2. The van der Waals surface area contributed by atoms with E-state index in [9.17, 15) is 18.7 Å². The molecule has 0 unspecified atom stereocenters. The predicted octanol–water partition coefficient (Wildman–Crippen LogP) is 1.95. The zero-order chi connectivity index (χ0) is 22.0. The number of aliphatic hydroxyl groups is 1. The van der Waals surface area contributed by atoms with Crippen LogP contribution in [0, 0.1) is 17.6 Å². The van der Waals surface area contributed by atoms with Gasteiger partial charge in [0.25, 0.3) is 0 Å². The minimum atomic E-state index is -0.905. The number of nitrogens with one attached hydrogen (secondary N) is 3. The molecule has 2 aliphatic rings. The molecule has 2 aromatic rings. The topological polar surface area (TPSA) is 99.3 Å². The Morgan fingerprint density at radius 1 is 1.32 bits per heavy atom. The Bertz CT molecular complexity index is 918. The number of hydrogen-bond donors (Lipinski definition) is 4. The molecule has 9 heteroatoms. The van der Waals surface area contributed by atoms with Gasteiger partial charge in [-0.1, -0.05) is 6.07 Å². The van der Waals surface area contributed by atoms with Gasteiger partial charge >= 0.3 is 0 Å². The fourth-order valence-corrected chi connectivity index (χ4v) is 4.31. The first-order valence-corrected chi connectivity index (χ1v) is 10.6. The third-order valence-electron chi connectivity index (χ3n) is 6.15. The molecule has 0 spiro atoms. The van der Waals surface area contributed by atoms with Crippen molar-refractivity contribution >= 4 is 5.91 Å². The van der Waals surface area contributed by atoms with Crippen molar-refractivity contribution in [3.05, 3.63) is 53.1 Å². The molecule has 4 N–H and O–H groups in total. The smallest absolute Gasteiger partial charge is 0.225 e. The van der Waals surface area contributed by atoms with Gasteiger partial charge in [0.05, 0.1) is 18.6 Å². The SMILES string of the molecule is COCCNC(=O)[C@H]1C[C@@H](NCc2ccc(F)c(F)c2)[C@H](c2cnc(C3CC3)[nH]2)[C@@H]1O. The number of nitrogens with zero attached hydrogens (tertiary/aromatic N) is 1.